The van der Waals surface area contributed by atoms with E-state index in [-0.39, 0.29) is 23.7 Å². The quantitative estimate of drug-likeness (QED) is 0.538. The molecule has 0 radical (unpaired) electrons. The van der Waals surface area contributed by atoms with Crippen LogP contribution in [-0.2, 0) is 4.79 Å². The summed E-state index contributed by atoms with van der Waals surface area (Å²) in [5.41, 5.74) is 13.9. The molecule has 0 aliphatic carbocycles. The van der Waals surface area contributed by atoms with Crippen LogP contribution < -0.4 is 21.7 Å². The number of carbonyl (C=O) groups excluding carboxylic acids is 1. The topological polar surface area (TPSA) is 88.7 Å². The Labute approximate surface area is 149 Å². The molecule has 2 saturated heterocycles. The molecule has 1 aromatic carbocycles. The number of likely N-dealkylation sites (N-methyl/N-ethyl adjacent to an activating group) is 1. The lowest BCUT2D eigenvalue weighted by Crippen LogP contribution is -2.45. The molecule has 2 aliphatic heterocycles. The number of hydrogen-bond acceptors (Lipinski definition) is 6. The number of nitrogens with zero attached hydrogens (tertiary/aromatic N) is 1. The predicted octanol–water partition coefficient (Wildman–Crippen LogP) is 0.649. The van der Waals surface area contributed by atoms with Crippen molar-refractivity contribution in [3.63, 3.8) is 0 Å². The molecule has 5 N–H and O–H groups in total. The fourth-order valence-electron chi connectivity index (χ4n) is 3.77. The van der Waals surface area contributed by atoms with E-state index in [2.05, 4.69) is 35.6 Å². The van der Waals surface area contributed by atoms with Crippen LogP contribution in [0.15, 0.2) is 24.3 Å². The second kappa shape index (κ2) is 7.70. The van der Waals surface area contributed by atoms with E-state index in [1.165, 1.54) is 0 Å². The smallest absolute Gasteiger partial charge is 0.240 e. The number of benzene rings is 1. The highest BCUT2D eigenvalue weighted by molar-refractivity contribution is 5.82. The molecule has 7 nitrogen and oxygen atoms in total. The van der Waals surface area contributed by atoms with Crippen LogP contribution in [0.25, 0.3) is 0 Å². The Morgan fingerprint density at radius 1 is 1.12 bits per heavy atom. The van der Waals surface area contributed by atoms with Crippen molar-refractivity contribution in [3.8, 4) is 5.75 Å². The molecule has 25 heavy (non-hydrogen) atoms. The van der Waals surface area contributed by atoms with Gasteiger partial charge < -0.3 is 10.0 Å². The summed E-state index contributed by atoms with van der Waals surface area (Å²) in [6.45, 7) is 5.10. The summed E-state index contributed by atoms with van der Waals surface area (Å²) in [4.78, 5) is 14.5. The lowest BCUT2D eigenvalue weighted by molar-refractivity contribution is -0.132. The van der Waals surface area contributed by atoms with Crippen molar-refractivity contribution in [1.82, 2.24) is 26.6 Å². The molecule has 0 spiro atoms. The summed E-state index contributed by atoms with van der Waals surface area (Å²) >= 11 is 0. The van der Waals surface area contributed by atoms with Gasteiger partial charge in [0.25, 0.3) is 0 Å². The summed E-state index contributed by atoms with van der Waals surface area (Å²) in [5, 5.41) is 9.39. The number of carbonyl (C=O) groups is 1. The highest BCUT2D eigenvalue weighted by Crippen LogP contribution is 2.25. The van der Waals surface area contributed by atoms with E-state index in [9.17, 15) is 9.90 Å². The third-order valence-electron chi connectivity index (χ3n) is 5.49. The van der Waals surface area contributed by atoms with Crippen molar-refractivity contribution in [1.29, 1.82) is 0 Å². The van der Waals surface area contributed by atoms with Crippen LogP contribution in [0.5, 0.6) is 5.75 Å². The first-order valence-electron chi connectivity index (χ1n) is 9.01. The first-order chi connectivity index (χ1) is 12.0. The standard InChI is InChI=1S/C18H29N5O2/c1-11-15(12(2)20-19-11)8-9-23(3)18(25)17-10-16(21-22-17)13-4-6-14(24)7-5-13/h4-7,11-12,15-17,19-22,24H,8-10H2,1-3H3. The van der Waals surface area contributed by atoms with Crippen molar-refractivity contribution in [2.45, 2.75) is 50.9 Å². The van der Waals surface area contributed by atoms with Crippen molar-refractivity contribution >= 4 is 5.91 Å². The molecule has 138 valence electrons. The van der Waals surface area contributed by atoms with Crippen LogP contribution in [0.1, 0.15) is 38.3 Å². The Bertz CT molecular complexity index is 584. The molecule has 4 atom stereocenters. The van der Waals surface area contributed by atoms with E-state index in [1.807, 2.05) is 24.1 Å². The Balaban J connectivity index is 1.50. The zero-order chi connectivity index (χ0) is 18.0. The zero-order valence-electron chi connectivity index (χ0n) is 15.1. The molecular weight excluding hydrogens is 318 g/mol. The Morgan fingerprint density at radius 2 is 1.76 bits per heavy atom. The van der Waals surface area contributed by atoms with Crippen LogP contribution in [0.2, 0.25) is 0 Å². The number of hydrazine groups is 2. The first kappa shape index (κ1) is 18.1. The van der Waals surface area contributed by atoms with E-state index in [0.29, 0.717) is 24.4 Å². The maximum atomic E-state index is 12.7. The van der Waals surface area contributed by atoms with Gasteiger partial charge in [-0.25, -0.2) is 10.9 Å². The SMILES string of the molecule is CC1NNC(C)C1CCN(C)C(=O)C1CC(c2ccc(O)cc2)NN1. The summed E-state index contributed by atoms with van der Waals surface area (Å²) < 4.78 is 0. The van der Waals surface area contributed by atoms with Gasteiger partial charge in [0, 0.05) is 31.7 Å². The molecule has 7 heteroatoms. The van der Waals surface area contributed by atoms with Gasteiger partial charge in [0.05, 0.1) is 0 Å². The normalized spacial score (nSPS) is 32.0. The third-order valence-corrected chi connectivity index (χ3v) is 5.49. The second-order valence-corrected chi connectivity index (χ2v) is 7.30. The average Bonchev–Trinajstić information content (AvgIpc) is 3.21. The summed E-state index contributed by atoms with van der Waals surface area (Å²) in [6.07, 6.45) is 1.68. The lowest BCUT2D eigenvalue weighted by Gasteiger charge is -2.24. The number of amides is 1. The van der Waals surface area contributed by atoms with Gasteiger partial charge >= 0.3 is 0 Å². The van der Waals surface area contributed by atoms with Crippen LogP contribution >= 0.6 is 0 Å². The molecule has 2 heterocycles. The number of phenols is 1. The van der Waals surface area contributed by atoms with E-state index in [4.69, 9.17) is 0 Å². The Hall–Kier alpha value is -1.67. The van der Waals surface area contributed by atoms with Gasteiger partial charge in [-0.1, -0.05) is 12.1 Å². The molecule has 2 aliphatic rings. The van der Waals surface area contributed by atoms with Gasteiger partial charge in [0.2, 0.25) is 5.91 Å². The molecule has 1 amide bonds. The summed E-state index contributed by atoms with van der Waals surface area (Å²) in [7, 11) is 1.88. The maximum Gasteiger partial charge on any atom is 0.240 e. The Morgan fingerprint density at radius 3 is 2.40 bits per heavy atom. The first-order valence-corrected chi connectivity index (χ1v) is 9.01. The number of nitrogens with one attached hydrogen (secondary N) is 4. The van der Waals surface area contributed by atoms with Crippen LogP contribution in [0.4, 0.5) is 0 Å². The average molecular weight is 347 g/mol. The minimum absolute atomic E-state index is 0.0752. The molecule has 3 rings (SSSR count). The molecule has 0 bridgehead atoms. The Kier molecular flexibility index (Phi) is 5.58. The van der Waals surface area contributed by atoms with E-state index < -0.39 is 0 Å². The van der Waals surface area contributed by atoms with E-state index in [0.717, 1.165) is 18.5 Å². The largest absolute Gasteiger partial charge is 0.508 e. The number of aromatic hydroxyl groups is 1. The lowest BCUT2D eigenvalue weighted by atomic mass is 9.93. The van der Waals surface area contributed by atoms with Gasteiger partial charge in [-0.2, -0.15) is 0 Å². The fraction of sp³-hybridized carbons (Fsp3) is 0.611. The van der Waals surface area contributed by atoms with Crippen LogP contribution in [0, 0.1) is 5.92 Å². The molecular formula is C18H29N5O2. The van der Waals surface area contributed by atoms with Crippen molar-refractivity contribution in [2.24, 2.45) is 5.92 Å². The van der Waals surface area contributed by atoms with Gasteiger partial charge in [-0.05, 0) is 50.3 Å². The molecule has 2 fully saturated rings. The number of hydrogen-bond donors (Lipinski definition) is 5. The third kappa shape index (κ3) is 4.12. The maximum absolute atomic E-state index is 12.7. The van der Waals surface area contributed by atoms with E-state index >= 15 is 0 Å². The van der Waals surface area contributed by atoms with Gasteiger partial charge in [-0.3, -0.25) is 15.6 Å². The minimum Gasteiger partial charge on any atom is -0.508 e. The second-order valence-electron chi connectivity index (χ2n) is 7.30. The molecule has 4 unspecified atom stereocenters. The van der Waals surface area contributed by atoms with Crippen molar-refractivity contribution < 1.29 is 9.90 Å². The van der Waals surface area contributed by atoms with Gasteiger partial charge in [-0.15, -0.1) is 0 Å². The highest BCUT2D eigenvalue weighted by Gasteiger charge is 2.33. The summed E-state index contributed by atoms with van der Waals surface area (Å²) in [6, 6.07) is 7.80. The molecule has 0 saturated carbocycles. The van der Waals surface area contributed by atoms with Crippen LogP contribution in [-0.4, -0.2) is 47.6 Å². The monoisotopic (exact) mass is 347 g/mol. The predicted molar refractivity (Wildman–Crippen MR) is 96.5 cm³/mol. The number of rotatable bonds is 5. The van der Waals surface area contributed by atoms with E-state index in [1.54, 1.807) is 12.1 Å². The molecule has 0 aromatic heterocycles. The highest BCUT2D eigenvalue weighted by atomic mass is 16.3. The van der Waals surface area contributed by atoms with Crippen LogP contribution in [0.3, 0.4) is 0 Å². The van der Waals surface area contributed by atoms with Crippen molar-refractivity contribution in [3.05, 3.63) is 29.8 Å². The van der Waals surface area contributed by atoms with Gasteiger partial charge in [0.15, 0.2) is 0 Å². The van der Waals surface area contributed by atoms with Gasteiger partial charge in [0.1, 0.15) is 11.8 Å². The summed E-state index contributed by atoms with van der Waals surface area (Å²) in [5.74, 6) is 0.893. The number of phenolic OH excluding ortho intramolecular Hbond substituents is 1. The zero-order valence-corrected chi connectivity index (χ0v) is 15.1. The molecule has 1 aromatic rings. The van der Waals surface area contributed by atoms with Crippen molar-refractivity contribution in [2.75, 3.05) is 13.6 Å². The fourth-order valence-corrected chi connectivity index (χ4v) is 3.77. The minimum atomic E-state index is -0.224.